The van der Waals surface area contributed by atoms with Crippen LogP contribution in [0.3, 0.4) is 0 Å². The molecule has 0 saturated carbocycles. The number of hydrogen-bond acceptors (Lipinski definition) is 2. The molecule has 0 aliphatic heterocycles. The van der Waals surface area contributed by atoms with Gasteiger partial charge in [0.1, 0.15) is 11.2 Å². The number of para-hydroxylation sites is 1. The van der Waals surface area contributed by atoms with Gasteiger partial charge in [-0.1, -0.05) is 69.3 Å². The highest BCUT2D eigenvalue weighted by atomic mass is 16.3. The topological polar surface area (TPSA) is 26.0 Å². The molecule has 152 valence electrons. The van der Waals surface area contributed by atoms with Gasteiger partial charge in [0.15, 0.2) is 0 Å². The van der Waals surface area contributed by atoms with Crippen molar-refractivity contribution in [3.63, 3.8) is 0 Å². The van der Waals surface area contributed by atoms with Crippen LogP contribution in [0.15, 0.2) is 71.3 Å². The van der Waals surface area contributed by atoms with E-state index in [9.17, 15) is 2.74 Å². The fraction of sp³-hybridized carbons (Fsp3) is 0.207. The number of nitrogens with zero attached hydrogens (tertiary/aromatic N) is 1. The highest BCUT2D eigenvalue weighted by Crippen LogP contribution is 2.43. The van der Waals surface area contributed by atoms with Crippen molar-refractivity contribution in [3.8, 4) is 0 Å². The minimum absolute atomic E-state index is 0.0698. The molecule has 2 heterocycles. The van der Waals surface area contributed by atoms with Gasteiger partial charge in [0, 0.05) is 40.0 Å². The largest absolute Gasteiger partial charge is 0.455 e. The van der Waals surface area contributed by atoms with Crippen LogP contribution in [0.5, 0.6) is 0 Å². The van der Waals surface area contributed by atoms with Gasteiger partial charge < -0.3 is 4.42 Å². The average molecular weight is 409 g/mol. The highest BCUT2D eigenvalue weighted by Gasteiger charge is 2.22. The summed E-state index contributed by atoms with van der Waals surface area (Å²) in [5, 5.41) is 5.73. The first-order valence-electron chi connectivity index (χ1n) is 13.0. The van der Waals surface area contributed by atoms with E-state index in [0.29, 0.717) is 21.9 Å². The van der Waals surface area contributed by atoms with Crippen molar-refractivity contribution in [2.24, 2.45) is 5.41 Å². The van der Waals surface area contributed by atoms with Crippen LogP contribution in [-0.4, -0.2) is 4.98 Å². The Kier molecular flexibility index (Phi) is 2.81. The zero-order valence-corrected chi connectivity index (χ0v) is 17.7. The standard InChI is InChI=1S/C29H25NO/c1-17-16-30-27-21-11-6-5-9-18(21)20-13-14-22-19-10-7-8-12-24(19)31-28(22)26(20)25(27)23(17)15-29(2,3)4/h5-14,16H,15H2,1-4H3/i1D3,15D2. The Labute approximate surface area is 188 Å². The van der Waals surface area contributed by atoms with Gasteiger partial charge in [0.25, 0.3) is 0 Å². The van der Waals surface area contributed by atoms with E-state index in [-0.39, 0.29) is 11.1 Å². The van der Waals surface area contributed by atoms with E-state index < -0.39 is 18.6 Å². The van der Waals surface area contributed by atoms with Crippen LogP contribution in [0.1, 0.15) is 38.8 Å². The quantitative estimate of drug-likeness (QED) is 0.256. The second kappa shape index (κ2) is 6.31. The Balaban J connectivity index is 2.01. The molecule has 2 heteroatoms. The summed E-state index contributed by atoms with van der Waals surface area (Å²) in [5.41, 5.74) is 1.10. The third kappa shape index (κ3) is 2.68. The first-order valence-corrected chi connectivity index (χ1v) is 10.5. The zero-order chi connectivity index (χ0) is 25.6. The minimum atomic E-state index is -2.55. The molecule has 2 aromatic heterocycles. The van der Waals surface area contributed by atoms with Gasteiger partial charge in [0.2, 0.25) is 0 Å². The maximum absolute atomic E-state index is 9.28. The number of furan rings is 1. The molecule has 0 aliphatic rings. The van der Waals surface area contributed by atoms with Gasteiger partial charge in [-0.3, -0.25) is 4.98 Å². The summed E-state index contributed by atoms with van der Waals surface area (Å²) in [6, 6.07) is 19.7. The first kappa shape index (κ1) is 13.8. The summed E-state index contributed by atoms with van der Waals surface area (Å²) < 4.78 is 49.9. The highest BCUT2D eigenvalue weighted by molar-refractivity contribution is 6.32. The molecule has 0 spiro atoms. The Morgan fingerprint density at radius 1 is 0.839 bits per heavy atom. The number of fused-ring (bicyclic) bond motifs is 10. The molecule has 4 aromatic carbocycles. The molecular weight excluding hydrogens is 378 g/mol. The monoisotopic (exact) mass is 408 g/mol. The van der Waals surface area contributed by atoms with Crippen molar-refractivity contribution >= 4 is 54.4 Å². The van der Waals surface area contributed by atoms with Crippen molar-refractivity contribution in [2.75, 3.05) is 0 Å². The van der Waals surface area contributed by atoms with E-state index in [1.54, 1.807) is 20.8 Å². The molecule has 0 aliphatic carbocycles. The van der Waals surface area contributed by atoms with Crippen LogP contribution >= 0.6 is 0 Å². The summed E-state index contributed by atoms with van der Waals surface area (Å²) in [4.78, 5) is 4.67. The van der Waals surface area contributed by atoms with Crippen LogP contribution in [0.2, 0.25) is 0 Å². The predicted octanol–water partition coefficient (Wildman–Crippen LogP) is 8.34. The van der Waals surface area contributed by atoms with Crippen LogP contribution in [-0.2, 0) is 6.37 Å². The zero-order valence-electron chi connectivity index (χ0n) is 22.7. The second-order valence-corrected chi connectivity index (χ2v) is 9.15. The van der Waals surface area contributed by atoms with Crippen LogP contribution in [0, 0.1) is 12.3 Å². The number of hydrogen-bond donors (Lipinski definition) is 0. The molecule has 0 unspecified atom stereocenters. The normalized spacial score (nSPS) is 15.9. The number of aromatic nitrogens is 1. The molecule has 0 fully saturated rings. The Morgan fingerprint density at radius 2 is 1.55 bits per heavy atom. The summed E-state index contributed by atoms with van der Waals surface area (Å²) in [6.45, 7) is 2.84. The molecule has 0 bridgehead atoms. The SMILES string of the molecule is [2H]C([2H])([2H])c1cnc2c3ccccc3c3ccc4c5ccccc5oc4c3c2c1C([2H])([2H])C(C)(C)C. The Hall–Kier alpha value is -3.39. The third-order valence-electron chi connectivity index (χ3n) is 5.85. The van der Waals surface area contributed by atoms with Gasteiger partial charge >= 0.3 is 0 Å². The number of rotatable bonds is 1. The molecule has 0 atom stereocenters. The van der Waals surface area contributed by atoms with Crippen molar-refractivity contribution in [2.45, 2.75) is 34.0 Å². The molecule has 2 nitrogen and oxygen atoms in total. The number of benzene rings is 4. The van der Waals surface area contributed by atoms with E-state index in [0.717, 1.165) is 32.5 Å². The van der Waals surface area contributed by atoms with Gasteiger partial charge in [-0.25, -0.2) is 0 Å². The van der Waals surface area contributed by atoms with E-state index in [4.69, 9.17) is 8.53 Å². The Morgan fingerprint density at radius 3 is 2.32 bits per heavy atom. The summed E-state index contributed by atoms with van der Waals surface area (Å²) >= 11 is 0. The van der Waals surface area contributed by atoms with E-state index in [1.165, 1.54) is 6.20 Å². The minimum Gasteiger partial charge on any atom is -0.455 e. The van der Waals surface area contributed by atoms with Gasteiger partial charge in [-0.2, -0.15) is 0 Å². The lowest BCUT2D eigenvalue weighted by Crippen LogP contribution is -2.11. The van der Waals surface area contributed by atoms with Gasteiger partial charge in [-0.05, 0) is 52.7 Å². The molecule has 6 aromatic rings. The molecule has 0 amide bonds. The smallest absolute Gasteiger partial charge is 0.143 e. The molecular formula is C29H25NO. The lowest BCUT2D eigenvalue weighted by Gasteiger charge is -2.22. The maximum Gasteiger partial charge on any atom is 0.143 e. The molecule has 0 N–H and O–H groups in total. The second-order valence-electron chi connectivity index (χ2n) is 9.15. The fourth-order valence-electron chi connectivity index (χ4n) is 4.65. The van der Waals surface area contributed by atoms with Crippen molar-refractivity contribution in [1.29, 1.82) is 0 Å². The van der Waals surface area contributed by atoms with Crippen LogP contribution < -0.4 is 0 Å². The van der Waals surface area contributed by atoms with E-state index >= 15 is 0 Å². The van der Waals surface area contributed by atoms with Crippen LogP contribution in [0.4, 0.5) is 0 Å². The summed E-state index contributed by atoms with van der Waals surface area (Å²) in [5.74, 6) is 0. The lowest BCUT2D eigenvalue weighted by molar-refractivity contribution is 0.412. The van der Waals surface area contributed by atoms with Gasteiger partial charge in [-0.15, -0.1) is 0 Å². The fourth-order valence-corrected chi connectivity index (χ4v) is 4.65. The first-order chi connectivity index (χ1) is 16.9. The number of pyridine rings is 1. The van der Waals surface area contributed by atoms with Crippen molar-refractivity contribution in [3.05, 3.63) is 78.0 Å². The van der Waals surface area contributed by atoms with Gasteiger partial charge in [0.05, 0.1) is 5.52 Å². The summed E-state index contributed by atoms with van der Waals surface area (Å²) in [6.07, 6.45) is -0.646. The third-order valence-corrected chi connectivity index (χ3v) is 5.85. The van der Waals surface area contributed by atoms with E-state index in [2.05, 4.69) is 4.98 Å². The van der Waals surface area contributed by atoms with Crippen molar-refractivity contribution < 1.29 is 11.3 Å². The maximum atomic E-state index is 9.28. The van der Waals surface area contributed by atoms with Crippen molar-refractivity contribution in [1.82, 2.24) is 4.98 Å². The van der Waals surface area contributed by atoms with Crippen LogP contribution in [0.25, 0.3) is 54.4 Å². The average Bonchev–Trinajstić information content (AvgIpc) is 3.20. The molecule has 0 saturated heterocycles. The predicted molar refractivity (Wildman–Crippen MR) is 132 cm³/mol. The summed E-state index contributed by atoms with van der Waals surface area (Å²) in [7, 11) is 0. The molecule has 0 radical (unpaired) electrons. The molecule has 31 heavy (non-hydrogen) atoms. The number of aryl methyl sites for hydroxylation is 1. The lowest BCUT2D eigenvalue weighted by atomic mass is 9.83. The Bertz CT molecular complexity index is 1840. The molecule has 6 rings (SSSR count). The van der Waals surface area contributed by atoms with E-state index in [1.807, 2.05) is 60.7 Å².